The highest BCUT2D eigenvalue weighted by Crippen LogP contribution is 2.28. The van der Waals surface area contributed by atoms with Crippen LogP contribution in [0.15, 0.2) is 54.0 Å². The average molecular weight is 337 g/mol. The first kappa shape index (κ1) is 16.3. The maximum absolute atomic E-state index is 11.9. The lowest BCUT2D eigenvalue weighted by atomic mass is 10.1. The third kappa shape index (κ3) is 4.06. The van der Waals surface area contributed by atoms with Crippen molar-refractivity contribution in [3.05, 3.63) is 54.0 Å². The number of nitrogens with zero attached hydrogens (tertiary/aromatic N) is 2. The van der Waals surface area contributed by atoms with Gasteiger partial charge in [0.25, 0.3) is 0 Å². The van der Waals surface area contributed by atoms with Gasteiger partial charge in [0.1, 0.15) is 5.01 Å². The van der Waals surface area contributed by atoms with E-state index >= 15 is 0 Å². The first-order valence-corrected chi connectivity index (χ1v) is 8.91. The molecule has 0 saturated heterocycles. The number of carbonyl (C=O) groups excluding carboxylic acids is 1. The van der Waals surface area contributed by atoms with Gasteiger partial charge in [0.05, 0.1) is 11.4 Å². The SMILES string of the molecule is CCCCC(=O)Nc1cccc(-c2csc(-c3ccccn3)n2)c1. The summed E-state index contributed by atoms with van der Waals surface area (Å²) in [4.78, 5) is 20.9. The fraction of sp³-hybridized carbons (Fsp3) is 0.211. The van der Waals surface area contributed by atoms with Crippen molar-refractivity contribution in [1.29, 1.82) is 0 Å². The monoisotopic (exact) mass is 337 g/mol. The summed E-state index contributed by atoms with van der Waals surface area (Å²) < 4.78 is 0. The van der Waals surface area contributed by atoms with Crippen molar-refractivity contribution < 1.29 is 4.79 Å². The summed E-state index contributed by atoms with van der Waals surface area (Å²) in [5.74, 6) is 0.0569. The van der Waals surface area contributed by atoms with Crippen molar-refractivity contribution in [2.45, 2.75) is 26.2 Å². The molecule has 1 N–H and O–H groups in total. The number of nitrogens with one attached hydrogen (secondary N) is 1. The van der Waals surface area contributed by atoms with Gasteiger partial charge in [0, 0.05) is 29.2 Å². The molecule has 0 radical (unpaired) electrons. The van der Waals surface area contributed by atoms with Gasteiger partial charge in [-0.15, -0.1) is 11.3 Å². The number of hydrogen-bond acceptors (Lipinski definition) is 4. The smallest absolute Gasteiger partial charge is 0.224 e. The van der Waals surface area contributed by atoms with E-state index in [0.717, 1.165) is 40.5 Å². The van der Waals surface area contributed by atoms with Crippen molar-refractivity contribution in [2.24, 2.45) is 0 Å². The molecule has 0 unspecified atom stereocenters. The van der Waals surface area contributed by atoms with E-state index in [-0.39, 0.29) is 5.91 Å². The Kier molecular flexibility index (Phi) is 5.33. The summed E-state index contributed by atoms with van der Waals surface area (Å²) in [5.41, 5.74) is 3.56. The molecule has 24 heavy (non-hydrogen) atoms. The zero-order valence-electron chi connectivity index (χ0n) is 13.5. The highest BCUT2D eigenvalue weighted by molar-refractivity contribution is 7.13. The molecule has 122 valence electrons. The van der Waals surface area contributed by atoms with Crippen molar-refractivity contribution in [3.63, 3.8) is 0 Å². The molecule has 0 fully saturated rings. The fourth-order valence-corrected chi connectivity index (χ4v) is 3.13. The summed E-state index contributed by atoms with van der Waals surface area (Å²) in [6.45, 7) is 2.08. The summed E-state index contributed by atoms with van der Waals surface area (Å²) >= 11 is 1.57. The van der Waals surface area contributed by atoms with Gasteiger partial charge < -0.3 is 5.32 Å². The standard InChI is InChI=1S/C19H19N3OS/c1-2-3-10-18(23)21-15-8-6-7-14(12-15)17-13-24-19(22-17)16-9-4-5-11-20-16/h4-9,11-13H,2-3,10H2,1H3,(H,21,23). The van der Waals surface area contributed by atoms with Crippen LogP contribution in [-0.4, -0.2) is 15.9 Å². The number of rotatable bonds is 6. The Bertz CT molecular complexity index is 814. The predicted octanol–water partition coefficient (Wildman–Crippen LogP) is 5.00. The fourth-order valence-electron chi connectivity index (χ4n) is 2.33. The molecular weight excluding hydrogens is 318 g/mol. The maximum Gasteiger partial charge on any atom is 0.224 e. The van der Waals surface area contributed by atoms with Gasteiger partial charge in [-0.2, -0.15) is 0 Å². The Labute approximate surface area is 145 Å². The average Bonchev–Trinajstić information content (AvgIpc) is 3.11. The van der Waals surface area contributed by atoms with Crippen molar-refractivity contribution in [2.75, 3.05) is 5.32 Å². The summed E-state index contributed by atoms with van der Waals surface area (Å²) in [5, 5.41) is 5.86. The highest BCUT2D eigenvalue weighted by Gasteiger charge is 2.09. The molecule has 0 atom stereocenters. The van der Waals surface area contributed by atoms with Gasteiger partial charge in [-0.25, -0.2) is 4.98 Å². The Hall–Kier alpha value is -2.53. The van der Waals surface area contributed by atoms with Gasteiger partial charge in [-0.3, -0.25) is 9.78 Å². The van der Waals surface area contributed by atoms with Crippen LogP contribution in [0.1, 0.15) is 26.2 Å². The number of benzene rings is 1. The number of aromatic nitrogens is 2. The lowest BCUT2D eigenvalue weighted by Crippen LogP contribution is -2.10. The molecule has 1 amide bonds. The zero-order valence-corrected chi connectivity index (χ0v) is 14.3. The van der Waals surface area contributed by atoms with E-state index in [4.69, 9.17) is 0 Å². The second kappa shape index (κ2) is 7.84. The van der Waals surface area contributed by atoms with Crippen LogP contribution in [0.5, 0.6) is 0 Å². The third-order valence-corrected chi connectivity index (χ3v) is 4.45. The van der Waals surface area contributed by atoms with Crippen LogP contribution in [0, 0.1) is 0 Å². The van der Waals surface area contributed by atoms with E-state index in [1.54, 1.807) is 17.5 Å². The lowest BCUT2D eigenvalue weighted by molar-refractivity contribution is -0.116. The second-order valence-electron chi connectivity index (χ2n) is 5.49. The molecule has 3 rings (SSSR count). The molecule has 0 aliphatic heterocycles. The quantitative estimate of drug-likeness (QED) is 0.688. The largest absolute Gasteiger partial charge is 0.326 e. The number of carbonyl (C=O) groups is 1. The van der Waals surface area contributed by atoms with Crippen molar-refractivity contribution in [1.82, 2.24) is 9.97 Å². The molecule has 0 saturated carbocycles. The summed E-state index contributed by atoms with van der Waals surface area (Å²) in [7, 11) is 0. The van der Waals surface area contributed by atoms with Crippen LogP contribution in [0.25, 0.3) is 22.0 Å². The van der Waals surface area contributed by atoms with Crippen molar-refractivity contribution in [3.8, 4) is 22.0 Å². The first-order valence-electron chi connectivity index (χ1n) is 8.03. The van der Waals surface area contributed by atoms with Gasteiger partial charge >= 0.3 is 0 Å². The Morgan fingerprint density at radius 2 is 2.08 bits per heavy atom. The van der Waals surface area contributed by atoms with Crippen LogP contribution >= 0.6 is 11.3 Å². The number of anilines is 1. The van der Waals surface area contributed by atoms with E-state index in [2.05, 4.69) is 22.2 Å². The van der Waals surface area contributed by atoms with Gasteiger partial charge in [-0.05, 0) is 30.7 Å². The second-order valence-corrected chi connectivity index (χ2v) is 6.34. The molecule has 5 heteroatoms. The molecule has 2 aromatic heterocycles. The zero-order chi connectivity index (χ0) is 16.8. The maximum atomic E-state index is 11.9. The number of amides is 1. The van der Waals surface area contributed by atoms with Crippen LogP contribution in [0.4, 0.5) is 5.69 Å². The Morgan fingerprint density at radius 1 is 1.17 bits per heavy atom. The summed E-state index contributed by atoms with van der Waals surface area (Å²) in [6, 6.07) is 13.6. The van der Waals surface area contributed by atoms with Crippen LogP contribution in [0.2, 0.25) is 0 Å². The number of unbranched alkanes of at least 4 members (excludes halogenated alkanes) is 1. The van der Waals surface area contributed by atoms with Crippen LogP contribution < -0.4 is 5.32 Å². The number of pyridine rings is 1. The van der Waals surface area contributed by atoms with E-state index in [9.17, 15) is 4.79 Å². The van der Waals surface area contributed by atoms with Crippen molar-refractivity contribution >= 4 is 22.9 Å². The Balaban J connectivity index is 1.77. The third-order valence-electron chi connectivity index (χ3n) is 3.59. The molecule has 0 bridgehead atoms. The highest BCUT2D eigenvalue weighted by atomic mass is 32.1. The minimum Gasteiger partial charge on any atom is -0.326 e. The predicted molar refractivity (Wildman–Crippen MR) is 98.9 cm³/mol. The van der Waals surface area contributed by atoms with Crippen LogP contribution in [-0.2, 0) is 4.79 Å². The lowest BCUT2D eigenvalue weighted by Gasteiger charge is -2.06. The Morgan fingerprint density at radius 3 is 2.88 bits per heavy atom. The van der Waals surface area contributed by atoms with Gasteiger partial charge in [0.15, 0.2) is 0 Å². The number of thiazole rings is 1. The van der Waals surface area contributed by atoms with Crippen LogP contribution in [0.3, 0.4) is 0 Å². The van der Waals surface area contributed by atoms with E-state index in [1.807, 2.05) is 47.8 Å². The van der Waals surface area contributed by atoms with Gasteiger partial charge in [-0.1, -0.05) is 31.5 Å². The molecule has 0 aliphatic rings. The summed E-state index contributed by atoms with van der Waals surface area (Å²) in [6.07, 6.45) is 4.25. The molecular formula is C19H19N3OS. The number of hydrogen-bond donors (Lipinski definition) is 1. The molecule has 2 heterocycles. The molecule has 0 spiro atoms. The molecule has 0 aliphatic carbocycles. The minimum absolute atomic E-state index is 0.0569. The molecule has 3 aromatic rings. The molecule has 4 nitrogen and oxygen atoms in total. The topological polar surface area (TPSA) is 54.9 Å². The van der Waals surface area contributed by atoms with Gasteiger partial charge in [0.2, 0.25) is 5.91 Å². The van der Waals surface area contributed by atoms with E-state index < -0.39 is 0 Å². The van der Waals surface area contributed by atoms with E-state index in [0.29, 0.717) is 6.42 Å². The molecule has 1 aromatic carbocycles. The first-order chi connectivity index (χ1) is 11.8. The minimum atomic E-state index is 0.0569. The normalized spacial score (nSPS) is 10.5. The van der Waals surface area contributed by atoms with E-state index in [1.165, 1.54) is 0 Å².